The molecule has 4 aromatic rings. The van der Waals surface area contributed by atoms with Gasteiger partial charge in [-0.05, 0) is 55.3 Å². The van der Waals surface area contributed by atoms with Crippen molar-refractivity contribution in [2.24, 2.45) is 7.05 Å². The standard InChI is InChI=1S/C20H16BrN5O2/c1-26-20(23-24-25-26)14-6-4-7-15(11-14)22-18(27)12-28-17-10-9-13-5-2-3-8-16(13)19(17)21/h2-11H,12H2,1H3,(H,22,27). The molecule has 0 aliphatic heterocycles. The number of tetrazole rings is 1. The lowest BCUT2D eigenvalue weighted by atomic mass is 10.1. The fourth-order valence-electron chi connectivity index (χ4n) is 2.88. The van der Waals surface area contributed by atoms with Crippen LogP contribution in [-0.4, -0.2) is 32.7 Å². The minimum atomic E-state index is -0.256. The zero-order valence-corrected chi connectivity index (χ0v) is 16.5. The maximum Gasteiger partial charge on any atom is 0.262 e. The number of nitrogens with one attached hydrogen (secondary N) is 1. The highest BCUT2D eigenvalue weighted by Crippen LogP contribution is 2.33. The third kappa shape index (κ3) is 3.72. The Morgan fingerprint density at radius 1 is 1.14 bits per heavy atom. The lowest BCUT2D eigenvalue weighted by molar-refractivity contribution is -0.118. The highest BCUT2D eigenvalue weighted by molar-refractivity contribution is 9.10. The van der Waals surface area contributed by atoms with Gasteiger partial charge >= 0.3 is 0 Å². The smallest absolute Gasteiger partial charge is 0.262 e. The van der Waals surface area contributed by atoms with Crippen LogP contribution in [-0.2, 0) is 11.8 Å². The second-order valence-corrected chi connectivity index (χ2v) is 6.94. The molecule has 7 nitrogen and oxygen atoms in total. The van der Waals surface area contributed by atoms with Crippen LogP contribution in [0.1, 0.15) is 0 Å². The van der Waals surface area contributed by atoms with Crippen molar-refractivity contribution in [3.8, 4) is 17.1 Å². The second kappa shape index (κ2) is 7.77. The number of nitrogens with zero attached hydrogens (tertiary/aromatic N) is 4. The zero-order valence-electron chi connectivity index (χ0n) is 15.0. The molecule has 4 rings (SSSR count). The van der Waals surface area contributed by atoms with Crippen molar-refractivity contribution in [1.82, 2.24) is 20.2 Å². The Bertz CT molecular complexity index is 1160. The third-order valence-electron chi connectivity index (χ3n) is 4.21. The molecule has 0 radical (unpaired) electrons. The summed E-state index contributed by atoms with van der Waals surface area (Å²) in [4.78, 5) is 12.3. The Morgan fingerprint density at radius 3 is 2.82 bits per heavy atom. The highest BCUT2D eigenvalue weighted by Gasteiger charge is 2.11. The first-order valence-electron chi connectivity index (χ1n) is 8.54. The fourth-order valence-corrected chi connectivity index (χ4v) is 3.48. The molecule has 0 spiro atoms. The maximum atomic E-state index is 12.3. The summed E-state index contributed by atoms with van der Waals surface area (Å²) >= 11 is 3.56. The van der Waals surface area contributed by atoms with Crippen molar-refractivity contribution in [3.05, 3.63) is 65.1 Å². The van der Waals surface area contributed by atoms with E-state index in [-0.39, 0.29) is 12.5 Å². The molecule has 0 saturated carbocycles. The molecule has 0 unspecified atom stereocenters. The number of carbonyl (C=O) groups excluding carboxylic acids is 1. The molecular weight excluding hydrogens is 422 g/mol. The van der Waals surface area contributed by atoms with Gasteiger partial charge in [0.05, 0.1) is 4.47 Å². The number of rotatable bonds is 5. The lowest BCUT2D eigenvalue weighted by Gasteiger charge is -2.11. The number of hydrogen-bond acceptors (Lipinski definition) is 5. The maximum absolute atomic E-state index is 12.3. The summed E-state index contributed by atoms with van der Waals surface area (Å²) in [5.41, 5.74) is 1.45. The van der Waals surface area contributed by atoms with Crippen LogP contribution in [0.4, 0.5) is 5.69 Å². The first-order chi connectivity index (χ1) is 13.6. The van der Waals surface area contributed by atoms with E-state index in [0.717, 1.165) is 20.8 Å². The molecule has 3 aromatic carbocycles. The number of aromatic nitrogens is 4. The summed E-state index contributed by atoms with van der Waals surface area (Å²) < 4.78 is 8.10. The van der Waals surface area contributed by atoms with Crippen molar-refractivity contribution in [3.63, 3.8) is 0 Å². The Balaban J connectivity index is 1.44. The molecule has 8 heteroatoms. The van der Waals surface area contributed by atoms with Crippen LogP contribution < -0.4 is 10.1 Å². The Labute approximate surface area is 169 Å². The summed E-state index contributed by atoms with van der Waals surface area (Å²) in [5, 5.41) is 16.4. The van der Waals surface area contributed by atoms with Gasteiger partial charge in [-0.2, -0.15) is 0 Å². The first kappa shape index (κ1) is 18.1. The molecule has 1 heterocycles. The minimum Gasteiger partial charge on any atom is -0.483 e. The van der Waals surface area contributed by atoms with Crippen LogP contribution >= 0.6 is 15.9 Å². The van der Waals surface area contributed by atoms with Crippen molar-refractivity contribution in [2.75, 3.05) is 11.9 Å². The van der Waals surface area contributed by atoms with Gasteiger partial charge in [0.25, 0.3) is 5.91 Å². The average Bonchev–Trinajstić information content (AvgIpc) is 3.14. The molecule has 1 amide bonds. The number of amides is 1. The quantitative estimate of drug-likeness (QED) is 0.513. The summed E-state index contributed by atoms with van der Waals surface area (Å²) in [6.45, 7) is -0.104. The van der Waals surface area contributed by atoms with E-state index in [1.807, 2.05) is 54.6 Å². The highest BCUT2D eigenvalue weighted by atomic mass is 79.9. The van der Waals surface area contributed by atoms with Crippen LogP contribution in [0.15, 0.2) is 65.1 Å². The zero-order chi connectivity index (χ0) is 19.5. The predicted octanol–water partition coefficient (Wildman–Crippen LogP) is 3.81. The number of hydrogen-bond donors (Lipinski definition) is 1. The molecule has 0 saturated heterocycles. The van der Waals surface area contributed by atoms with Gasteiger partial charge in [-0.25, -0.2) is 4.68 Å². The molecular formula is C20H16BrN5O2. The minimum absolute atomic E-state index is 0.104. The van der Waals surface area contributed by atoms with E-state index in [0.29, 0.717) is 17.3 Å². The number of fused-ring (bicyclic) bond motifs is 1. The largest absolute Gasteiger partial charge is 0.483 e. The molecule has 140 valence electrons. The van der Waals surface area contributed by atoms with Gasteiger partial charge in [-0.15, -0.1) is 5.10 Å². The number of carbonyl (C=O) groups is 1. The molecule has 0 bridgehead atoms. The molecule has 0 aliphatic rings. The predicted molar refractivity (Wildman–Crippen MR) is 110 cm³/mol. The van der Waals surface area contributed by atoms with E-state index < -0.39 is 0 Å². The second-order valence-electron chi connectivity index (χ2n) is 6.14. The number of benzene rings is 3. The summed E-state index contributed by atoms with van der Waals surface area (Å²) in [6.07, 6.45) is 0. The van der Waals surface area contributed by atoms with Crippen LogP contribution in [0, 0.1) is 0 Å². The molecule has 1 N–H and O–H groups in total. The van der Waals surface area contributed by atoms with E-state index in [1.165, 1.54) is 0 Å². The fraction of sp³-hybridized carbons (Fsp3) is 0.100. The number of ether oxygens (including phenoxy) is 1. The van der Waals surface area contributed by atoms with Gasteiger partial charge in [0.2, 0.25) is 0 Å². The molecule has 1 aromatic heterocycles. The van der Waals surface area contributed by atoms with E-state index in [2.05, 4.69) is 36.8 Å². The normalized spacial score (nSPS) is 10.8. The van der Waals surface area contributed by atoms with Gasteiger partial charge < -0.3 is 10.1 Å². The van der Waals surface area contributed by atoms with E-state index in [4.69, 9.17) is 4.74 Å². The van der Waals surface area contributed by atoms with Gasteiger partial charge in [0.1, 0.15) is 5.75 Å². The Kier molecular flexibility index (Phi) is 5.03. The summed E-state index contributed by atoms with van der Waals surface area (Å²) in [6, 6.07) is 19.1. The summed E-state index contributed by atoms with van der Waals surface area (Å²) in [5.74, 6) is 0.980. The van der Waals surface area contributed by atoms with Crippen LogP contribution in [0.5, 0.6) is 5.75 Å². The van der Waals surface area contributed by atoms with E-state index in [1.54, 1.807) is 17.8 Å². The SMILES string of the molecule is Cn1nnnc1-c1cccc(NC(=O)COc2ccc3ccccc3c2Br)c1. The monoisotopic (exact) mass is 437 g/mol. The van der Waals surface area contributed by atoms with Crippen LogP contribution in [0.2, 0.25) is 0 Å². The van der Waals surface area contributed by atoms with E-state index >= 15 is 0 Å². The Morgan fingerprint density at radius 2 is 2.00 bits per heavy atom. The summed E-state index contributed by atoms with van der Waals surface area (Å²) in [7, 11) is 1.76. The molecule has 0 aliphatic carbocycles. The van der Waals surface area contributed by atoms with Gasteiger partial charge in [-0.1, -0.05) is 42.5 Å². The molecule has 0 fully saturated rings. The van der Waals surface area contributed by atoms with Crippen LogP contribution in [0.25, 0.3) is 22.2 Å². The van der Waals surface area contributed by atoms with Crippen molar-refractivity contribution >= 4 is 38.3 Å². The number of halogens is 1. The third-order valence-corrected chi connectivity index (χ3v) is 5.03. The number of anilines is 1. The van der Waals surface area contributed by atoms with Gasteiger partial charge in [-0.3, -0.25) is 4.79 Å². The van der Waals surface area contributed by atoms with E-state index in [9.17, 15) is 4.79 Å². The molecule has 28 heavy (non-hydrogen) atoms. The first-order valence-corrected chi connectivity index (χ1v) is 9.34. The van der Waals surface area contributed by atoms with Gasteiger partial charge in [0.15, 0.2) is 12.4 Å². The Hall–Kier alpha value is -3.26. The number of aryl methyl sites for hydroxylation is 1. The average molecular weight is 438 g/mol. The van der Waals surface area contributed by atoms with Gasteiger partial charge in [0, 0.05) is 18.3 Å². The van der Waals surface area contributed by atoms with Crippen molar-refractivity contribution < 1.29 is 9.53 Å². The van der Waals surface area contributed by atoms with Crippen molar-refractivity contribution in [1.29, 1.82) is 0 Å². The lowest BCUT2D eigenvalue weighted by Crippen LogP contribution is -2.20. The van der Waals surface area contributed by atoms with Crippen molar-refractivity contribution in [2.45, 2.75) is 0 Å². The van der Waals surface area contributed by atoms with Crippen LogP contribution in [0.3, 0.4) is 0 Å². The topological polar surface area (TPSA) is 81.9 Å². The molecule has 0 atom stereocenters.